The Bertz CT molecular complexity index is 1530. The number of nitrogens with two attached hydrogens (primary N) is 1. The van der Waals surface area contributed by atoms with Gasteiger partial charge in [0.15, 0.2) is 5.69 Å². The van der Waals surface area contributed by atoms with Crippen LogP contribution in [0.3, 0.4) is 0 Å². The summed E-state index contributed by atoms with van der Waals surface area (Å²) in [5.41, 5.74) is 12.8. The van der Waals surface area contributed by atoms with Gasteiger partial charge in [-0.05, 0) is 46.1 Å². The number of rotatable bonds is 8. The molecule has 0 unspecified atom stereocenters. The molecule has 5 aromatic rings. The molecule has 0 spiro atoms. The van der Waals surface area contributed by atoms with E-state index in [-0.39, 0.29) is 17.3 Å². The fourth-order valence-corrected chi connectivity index (χ4v) is 4.48. The average Bonchev–Trinajstić information content (AvgIpc) is 3.57. The molecule has 10 nitrogen and oxygen atoms in total. The van der Waals surface area contributed by atoms with Crippen LogP contribution in [0.4, 0.5) is 5.82 Å². The molecule has 3 N–H and O–H groups in total. The van der Waals surface area contributed by atoms with Crippen LogP contribution >= 0.6 is 11.8 Å². The van der Waals surface area contributed by atoms with E-state index in [2.05, 4.69) is 43.3 Å². The Kier molecular flexibility index (Phi) is 7.04. The molecule has 0 saturated heterocycles. The summed E-state index contributed by atoms with van der Waals surface area (Å²) in [6, 6.07) is 27.8. The standard InChI is InChI=1S/C26H22N8O2S/c1-17(18-12-14-20(15-13-18)19-8-4-2-5-9-19)28-30-26(35)23-22(16-37-21-10-6-3-7-11-21)34(33-29-23)25-24(27)31-36-32-25/h2-15H,16H2,1H3,(H2,27,31)(H,30,35). The molecule has 2 heterocycles. The van der Waals surface area contributed by atoms with Gasteiger partial charge in [0.1, 0.15) is 0 Å². The quantitative estimate of drug-likeness (QED) is 0.179. The van der Waals surface area contributed by atoms with Gasteiger partial charge in [0.25, 0.3) is 5.91 Å². The first-order chi connectivity index (χ1) is 18.1. The Morgan fingerprint density at radius 2 is 1.65 bits per heavy atom. The molecule has 2 aromatic heterocycles. The highest BCUT2D eigenvalue weighted by Crippen LogP contribution is 2.26. The van der Waals surface area contributed by atoms with Crippen molar-refractivity contribution in [1.82, 2.24) is 30.7 Å². The van der Waals surface area contributed by atoms with Gasteiger partial charge in [0.2, 0.25) is 11.6 Å². The second-order valence-electron chi connectivity index (χ2n) is 7.95. The number of anilines is 1. The number of hydrogen-bond donors (Lipinski definition) is 2. The molecule has 3 aromatic carbocycles. The minimum absolute atomic E-state index is 0.0376. The summed E-state index contributed by atoms with van der Waals surface area (Å²) in [6.07, 6.45) is 0. The average molecular weight is 511 g/mol. The van der Waals surface area contributed by atoms with Crippen LogP contribution in [0, 0.1) is 0 Å². The van der Waals surface area contributed by atoms with Gasteiger partial charge in [-0.3, -0.25) is 4.79 Å². The molecule has 0 aliphatic rings. The molecule has 184 valence electrons. The highest BCUT2D eigenvalue weighted by atomic mass is 32.2. The molecule has 37 heavy (non-hydrogen) atoms. The smallest absolute Gasteiger partial charge is 0.293 e. The van der Waals surface area contributed by atoms with Crippen LogP contribution in [0.15, 0.2) is 99.6 Å². The summed E-state index contributed by atoms with van der Waals surface area (Å²) in [4.78, 5) is 14.1. The monoisotopic (exact) mass is 510 g/mol. The molecule has 0 aliphatic carbocycles. The molecule has 0 saturated carbocycles. The summed E-state index contributed by atoms with van der Waals surface area (Å²) in [5, 5.41) is 19.8. The SMILES string of the molecule is CC(=NNC(=O)c1nnn(-c2nonc2N)c1CSc1ccccc1)c1ccc(-c2ccccc2)cc1. The summed E-state index contributed by atoms with van der Waals surface area (Å²) in [6.45, 7) is 1.82. The van der Waals surface area contributed by atoms with Crippen molar-refractivity contribution >= 4 is 29.2 Å². The number of benzene rings is 3. The summed E-state index contributed by atoms with van der Waals surface area (Å²) in [7, 11) is 0. The topological polar surface area (TPSA) is 137 Å². The van der Waals surface area contributed by atoms with Crippen molar-refractivity contribution in [3.05, 3.63) is 102 Å². The van der Waals surface area contributed by atoms with E-state index in [0.717, 1.165) is 21.6 Å². The third kappa shape index (κ3) is 5.41. The van der Waals surface area contributed by atoms with E-state index in [1.807, 2.05) is 79.7 Å². The minimum atomic E-state index is -0.509. The van der Waals surface area contributed by atoms with Crippen LogP contribution in [0.5, 0.6) is 0 Å². The number of nitrogens with one attached hydrogen (secondary N) is 1. The van der Waals surface area contributed by atoms with E-state index in [0.29, 0.717) is 17.2 Å². The maximum atomic E-state index is 13.1. The van der Waals surface area contributed by atoms with E-state index in [1.54, 1.807) is 0 Å². The Morgan fingerprint density at radius 1 is 0.973 bits per heavy atom. The number of hydrazone groups is 1. The van der Waals surface area contributed by atoms with Crippen molar-refractivity contribution in [2.75, 3.05) is 5.73 Å². The third-order valence-corrected chi connectivity index (χ3v) is 6.55. The van der Waals surface area contributed by atoms with E-state index >= 15 is 0 Å². The maximum absolute atomic E-state index is 13.1. The number of hydrogen-bond acceptors (Lipinski definition) is 9. The third-order valence-electron chi connectivity index (χ3n) is 5.53. The molecule has 0 bridgehead atoms. The number of aromatic nitrogens is 5. The van der Waals surface area contributed by atoms with Crippen molar-refractivity contribution < 1.29 is 9.42 Å². The van der Waals surface area contributed by atoms with Crippen molar-refractivity contribution in [2.45, 2.75) is 17.6 Å². The molecular formula is C26H22N8O2S. The minimum Gasteiger partial charge on any atom is -0.378 e. The Morgan fingerprint density at radius 3 is 2.32 bits per heavy atom. The molecule has 1 amide bonds. The number of carbonyl (C=O) groups excluding carboxylic acids is 1. The van der Waals surface area contributed by atoms with Gasteiger partial charge in [0.05, 0.1) is 11.4 Å². The predicted molar refractivity (Wildman–Crippen MR) is 141 cm³/mol. The Labute approximate surface area is 216 Å². The van der Waals surface area contributed by atoms with Crippen LogP contribution in [-0.2, 0) is 5.75 Å². The van der Waals surface area contributed by atoms with Crippen LogP contribution < -0.4 is 11.2 Å². The van der Waals surface area contributed by atoms with Gasteiger partial charge in [-0.15, -0.1) is 16.9 Å². The summed E-state index contributed by atoms with van der Waals surface area (Å²) >= 11 is 1.51. The lowest BCUT2D eigenvalue weighted by Crippen LogP contribution is -2.21. The van der Waals surface area contributed by atoms with Crippen molar-refractivity contribution in [1.29, 1.82) is 0 Å². The first-order valence-electron chi connectivity index (χ1n) is 11.3. The first-order valence-corrected chi connectivity index (χ1v) is 12.3. The van der Waals surface area contributed by atoms with Crippen LogP contribution in [0.1, 0.15) is 28.7 Å². The lowest BCUT2D eigenvalue weighted by atomic mass is 10.0. The van der Waals surface area contributed by atoms with Crippen molar-refractivity contribution in [2.24, 2.45) is 5.10 Å². The fourth-order valence-electron chi connectivity index (χ4n) is 3.57. The number of nitrogens with zero attached hydrogens (tertiary/aromatic N) is 6. The molecular weight excluding hydrogens is 488 g/mol. The van der Waals surface area contributed by atoms with Crippen LogP contribution in [0.25, 0.3) is 16.9 Å². The lowest BCUT2D eigenvalue weighted by Gasteiger charge is -2.07. The summed E-state index contributed by atoms with van der Waals surface area (Å²) < 4.78 is 6.07. The summed E-state index contributed by atoms with van der Waals surface area (Å²) in [5.74, 6) is 0.0598. The Balaban J connectivity index is 1.35. The highest BCUT2D eigenvalue weighted by Gasteiger charge is 2.24. The second-order valence-corrected chi connectivity index (χ2v) is 9.00. The van der Waals surface area contributed by atoms with Gasteiger partial charge in [0, 0.05) is 10.6 Å². The highest BCUT2D eigenvalue weighted by molar-refractivity contribution is 7.98. The van der Waals surface area contributed by atoms with Gasteiger partial charge < -0.3 is 5.73 Å². The van der Waals surface area contributed by atoms with Crippen molar-refractivity contribution in [3.8, 4) is 16.9 Å². The van der Waals surface area contributed by atoms with E-state index < -0.39 is 5.91 Å². The van der Waals surface area contributed by atoms with Crippen LogP contribution in [-0.4, -0.2) is 36.9 Å². The number of carbonyl (C=O) groups is 1. The second kappa shape index (κ2) is 10.9. The predicted octanol–water partition coefficient (Wildman–Crippen LogP) is 4.35. The van der Waals surface area contributed by atoms with Crippen LogP contribution in [0.2, 0.25) is 0 Å². The maximum Gasteiger partial charge on any atom is 0.293 e. The number of thioether (sulfide) groups is 1. The normalized spacial score (nSPS) is 11.4. The fraction of sp³-hybridized carbons (Fsp3) is 0.0769. The number of amides is 1. The van der Waals surface area contributed by atoms with Crippen molar-refractivity contribution in [3.63, 3.8) is 0 Å². The zero-order chi connectivity index (χ0) is 25.6. The van der Waals surface area contributed by atoms with Gasteiger partial charge >= 0.3 is 0 Å². The largest absolute Gasteiger partial charge is 0.378 e. The van der Waals surface area contributed by atoms with E-state index in [4.69, 9.17) is 10.4 Å². The molecule has 0 fully saturated rings. The zero-order valence-electron chi connectivity index (χ0n) is 19.8. The molecule has 0 radical (unpaired) electrons. The van der Waals surface area contributed by atoms with Gasteiger partial charge in [-0.1, -0.05) is 78.0 Å². The zero-order valence-corrected chi connectivity index (χ0v) is 20.6. The number of nitrogen functional groups attached to an aromatic ring is 1. The molecule has 5 rings (SSSR count). The van der Waals surface area contributed by atoms with Gasteiger partial charge in [-0.2, -0.15) is 9.78 Å². The van der Waals surface area contributed by atoms with E-state index in [1.165, 1.54) is 16.4 Å². The van der Waals surface area contributed by atoms with Gasteiger partial charge in [-0.25, -0.2) is 10.1 Å². The molecule has 11 heteroatoms. The Hall–Kier alpha value is -4.77. The first kappa shape index (κ1) is 23.9. The molecule has 0 atom stereocenters. The van der Waals surface area contributed by atoms with E-state index in [9.17, 15) is 4.79 Å². The lowest BCUT2D eigenvalue weighted by molar-refractivity contribution is 0.0949. The molecule has 0 aliphatic heterocycles.